The number of aliphatic carboxylic acids is 1. The molecule has 15 heteroatoms. The summed E-state index contributed by atoms with van der Waals surface area (Å²) in [5.41, 5.74) is 11.4. The van der Waals surface area contributed by atoms with Crippen molar-refractivity contribution in [3.8, 4) is 0 Å². The molecule has 1 aromatic carbocycles. The van der Waals surface area contributed by atoms with Crippen molar-refractivity contribution in [2.45, 2.75) is 63.7 Å². The SMILES string of the molecule is CC(C)[C@@H]1C(=O)N[C@H](CCCN=C(N)N)C(=O)NCC(=O)N[C@@H](CC(=O)O)C(=O)N[C@@H](Cc2ccccc2)C(=O)N1C. The summed E-state index contributed by atoms with van der Waals surface area (Å²) in [6.45, 7) is 3.04. The molecule has 42 heavy (non-hydrogen) atoms. The fourth-order valence-corrected chi connectivity index (χ4v) is 4.58. The molecule has 0 bridgehead atoms. The molecule has 15 nitrogen and oxygen atoms in total. The standard InChI is InChI=1S/C27H40N8O7/c1-15(2)22-25(41)33-17(10-7-11-30-27(28)29)23(39)31-14-20(36)32-18(13-21(37)38)24(40)34-19(26(42)35(22)3)12-16-8-5-4-6-9-16/h4-6,8-9,15,17-19,22H,7,10-14H2,1-3H3,(H,31,39)(H,32,36)(H,33,41)(H,34,40)(H,37,38)(H4,28,29,30)/t17-,18+,19+,22-/m1/s1. The predicted molar refractivity (Wildman–Crippen MR) is 153 cm³/mol. The number of carboxylic acids is 1. The minimum absolute atomic E-state index is 0.0311. The molecule has 0 aliphatic carbocycles. The van der Waals surface area contributed by atoms with Crippen LogP contribution in [0.2, 0.25) is 0 Å². The van der Waals surface area contributed by atoms with Gasteiger partial charge in [0, 0.05) is 20.0 Å². The van der Waals surface area contributed by atoms with E-state index >= 15 is 0 Å². The van der Waals surface area contributed by atoms with Crippen LogP contribution >= 0.6 is 0 Å². The van der Waals surface area contributed by atoms with Crippen molar-refractivity contribution in [1.29, 1.82) is 0 Å². The topological polar surface area (TPSA) is 238 Å². The highest BCUT2D eigenvalue weighted by Gasteiger charge is 2.37. The third-order valence-electron chi connectivity index (χ3n) is 6.59. The van der Waals surface area contributed by atoms with Crippen LogP contribution in [-0.2, 0) is 35.2 Å². The fourth-order valence-electron chi connectivity index (χ4n) is 4.58. The van der Waals surface area contributed by atoms with E-state index in [-0.39, 0.29) is 25.3 Å². The molecule has 1 aliphatic heterocycles. The van der Waals surface area contributed by atoms with Gasteiger partial charge in [-0.15, -0.1) is 0 Å². The van der Waals surface area contributed by atoms with Crippen molar-refractivity contribution in [1.82, 2.24) is 26.2 Å². The van der Waals surface area contributed by atoms with E-state index in [4.69, 9.17) is 11.5 Å². The van der Waals surface area contributed by atoms with E-state index < -0.39 is 78.6 Å². The first-order valence-corrected chi connectivity index (χ1v) is 13.6. The zero-order valence-electron chi connectivity index (χ0n) is 24.0. The first kappa shape index (κ1) is 33.5. The minimum Gasteiger partial charge on any atom is -0.481 e. The lowest BCUT2D eigenvalue weighted by atomic mass is 9.98. The van der Waals surface area contributed by atoms with Gasteiger partial charge in [0.25, 0.3) is 0 Å². The molecule has 2 rings (SSSR count). The Morgan fingerprint density at radius 1 is 0.976 bits per heavy atom. The summed E-state index contributed by atoms with van der Waals surface area (Å²) in [6, 6.07) is 3.92. The quantitative estimate of drug-likeness (QED) is 0.0942. The zero-order chi connectivity index (χ0) is 31.4. The Morgan fingerprint density at radius 3 is 2.21 bits per heavy atom. The van der Waals surface area contributed by atoms with Gasteiger partial charge in [0.2, 0.25) is 29.5 Å². The van der Waals surface area contributed by atoms with Crippen LogP contribution in [0, 0.1) is 5.92 Å². The Morgan fingerprint density at radius 2 is 1.62 bits per heavy atom. The lowest BCUT2D eigenvalue weighted by Crippen LogP contribution is -2.59. The van der Waals surface area contributed by atoms with Gasteiger partial charge in [0.05, 0.1) is 13.0 Å². The molecule has 0 saturated carbocycles. The number of hydrogen-bond donors (Lipinski definition) is 7. The number of amides is 5. The number of likely N-dealkylation sites (N-methyl/N-ethyl adjacent to an activating group) is 1. The summed E-state index contributed by atoms with van der Waals surface area (Å²) < 4.78 is 0. The van der Waals surface area contributed by atoms with Crippen molar-refractivity contribution in [3.05, 3.63) is 35.9 Å². The minimum atomic E-state index is -1.54. The van der Waals surface area contributed by atoms with Crippen LogP contribution in [0.5, 0.6) is 0 Å². The van der Waals surface area contributed by atoms with E-state index in [2.05, 4.69) is 26.3 Å². The highest BCUT2D eigenvalue weighted by atomic mass is 16.4. The molecule has 9 N–H and O–H groups in total. The Kier molecular flexibility index (Phi) is 12.7. The normalized spacial score (nSPS) is 22.7. The third-order valence-corrected chi connectivity index (χ3v) is 6.59. The first-order valence-electron chi connectivity index (χ1n) is 13.6. The molecule has 1 saturated heterocycles. The number of benzene rings is 1. The van der Waals surface area contributed by atoms with Gasteiger partial charge in [0.1, 0.15) is 24.2 Å². The fraction of sp³-hybridized carbons (Fsp3) is 0.519. The molecule has 1 aromatic rings. The van der Waals surface area contributed by atoms with Gasteiger partial charge in [-0.1, -0.05) is 44.2 Å². The van der Waals surface area contributed by atoms with Gasteiger partial charge in [-0.2, -0.15) is 0 Å². The number of nitrogens with two attached hydrogens (primary N) is 2. The van der Waals surface area contributed by atoms with Crippen molar-refractivity contribution < 1.29 is 33.9 Å². The maximum Gasteiger partial charge on any atom is 0.305 e. The van der Waals surface area contributed by atoms with Crippen LogP contribution in [0.15, 0.2) is 35.3 Å². The summed E-state index contributed by atoms with van der Waals surface area (Å²) in [5.74, 6) is -5.58. The van der Waals surface area contributed by atoms with E-state index in [1.807, 2.05) is 0 Å². The Bertz CT molecular complexity index is 1170. The van der Waals surface area contributed by atoms with Crippen LogP contribution in [0.1, 0.15) is 38.7 Å². The summed E-state index contributed by atoms with van der Waals surface area (Å²) in [7, 11) is 1.42. The number of aliphatic imine (C=N–C) groups is 1. The summed E-state index contributed by atoms with van der Waals surface area (Å²) in [4.78, 5) is 82.8. The molecule has 1 heterocycles. The smallest absolute Gasteiger partial charge is 0.305 e. The summed E-state index contributed by atoms with van der Waals surface area (Å²) in [5, 5.41) is 19.3. The van der Waals surface area contributed by atoms with E-state index in [0.717, 1.165) is 0 Å². The average molecular weight is 589 g/mol. The van der Waals surface area contributed by atoms with Crippen LogP contribution < -0.4 is 32.7 Å². The van der Waals surface area contributed by atoms with E-state index in [0.29, 0.717) is 12.0 Å². The maximum atomic E-state index is 13.8. The second kappa shape index (κ2) is 15.9. The second-order valence-corrected chi connectivity index (χ2v) is 10.3. The average Bonchev–Trinajstić information content (AvgIpc) is 2.91. The molecular weight excluding hydrogens is 548 g/mol. The van der Waals surface area contributed by atoms with Gasteiger partial charge in [-0.25, -0.2) is 0 Å². The lowest BCUT2D eigenvalue weighted by molar-refractivity contribution is -0.144. The van der Waals surface area contributed by atoms with Crippen LogP contribution in [0.4, 0.5) is 0 Å². The van der Waals surface area contributed by atoms with Gasteiger partial charge < -0.3 is 42.7 Å². The van der Waals surface area contributed by atoms with E-state index in [1.54, 1.807) is 44.2 Å². The second-order valence-electron chi connectivity index (χ2n) is 10.3. The maximum absolute atomic E-state index is 13.8. The Labute approximate surface area is 243 Å². The van der Waals surface area contributed by atoms with Crippen molar-refractivity contribution in [2.24, 2.45) is 22.4 Å². The number of rotatable bonds is 9. The van der Waals surface area contributed by atoms with Gasteiger partial charge >= 0.3 is 5.97 Å². The number of nitrogens with zero attached hydrogens (tertiary/aromatic N) is 2. The number of nitrogens with one attached hydrogen (secondary N) is 4. The van der Waals surface area contributed by atoms with Crippen LogP contribution in [-0.4, -0.2) is 95.8 Å². The van der Waals surface area contributed by atoms with Crippen molar-refractivity contribution in [2.75, 3.05) is 20.1 Å². The van der Waals surface area contributed by atoms with Gasteiger partial charge in [0.15, 0.2) is 5.96 Å². The predicted octanol–water partition coefficient (Wildman–Crippen LogP) is -2.18. The van der Waals surface area contributed by atoms with Crippen LogP contribution in [0.3, 0.4) is 0 Å². The zero-order valence-corrected chi connectivity index (χ0v) is 24.0. The third kappa shape index (κ3) is 10.4. The number of guanidine groups is 1. The highest BCUT2D eigenvalue weighted by Crippen LogP contribution is 2.15. The molecule has 1 aliphatic rings. The highest BCUT2D eigenvalue weighted by molar-refractivity contribution is 5.98. The van der Waals surface area contributed by atoms with Crippen LogP contribution in [0.25, 0.3) is 0 Å². The molecule has 0 unspecified atom stereocenters. The molecule has 0 radical (unpaired) electrons. The molecule has 0 spiro atoms. The largest absolute Gasteiger partial charge is 0.481 e. The van der Waals surface area contributed by atoms with Gasteiger partial charge in [-0.3, -0.25) is 33.8 Å². The number of carboxylic acid groups (broad SMARTS) is 1. The number of carbonyl (C=O) groups is 6. The molecular formula is C27H40N8O7. The Hall–Kier alpha value is -4.69. The van der Waals surface area contributed by atoms with Gasteiger partial charge in [-0.05, 0) is 24.3 Å². The van der Waals surface area contributed by atoms with Crippen molar-refractivity contribution >= 4 is 41.5 Å². The molecule has 230 valence electrons. The van der Waals surface area contributed by atoms with E-state index in [1.165, 1.54) is 11.9 Å². The monoisotopic (exact) mass is 588 g/mol. The first-order chi connectivity index (χ1) is 19.8. The molecule has 1 fully saturated rings. The number of hydrogen-bond acceptors (Lipinski definition) is 7. The lowest BCUT2D eigenvalue weighted by Gasteiger charge is -2.34. The number of carbonyl (C=O) groups excluding carboxylic acids is 5. The summed E-state index contributed by atoms with van der Waals surface area (Å²) in [6.07, 6.45) is -0.322. The van der Waals surface area contributed by atoms with Crippen molar-refractivity contribution in [3.63, 3.8) is 0 Å². The Balaban J connectivity index is 2.50. The summed E-state index contributed by atoms with van der Waals surface area (Å²) >= 11 is 0. The molecule has 0 aromatic heterocycles. The van der Waals surface area contributed by atoms with E-state index in [9.17, 15) is 33.9 Å². The molecule has 4 atom stereocenters. The molecule has 5 amide bonds.